The van der Waals surface area contributed by atoms with Gasteiger partial charge in [0.1, 0.15) is 5.52 Å². The molecule has 0 saturated carbocycles. The van der Waals surface area contributed by atoms with Gasteiger partial charge in [-0.25, -0.2) is 4.98 Å². The van der Waals surface area contributed by atoms with E-state index in [1.54, 1.807) is 0 Å². The van der Waals surface area contributed by atoms with Crippen LogP contribution in [0.25, 0.3) is 21.8 Å². The third-order valence-corrected chi connectivity index (χ3v) is 4.03. The lowest BCUT2D eigenvalue weighted by Gasteiger charge is -2.07. The number of aromatic nitrogens is 3. The van der Waals surface area contributed by atoms with Crippen LogP contribution in [0.3, 0.4) is 0 Å². The van der Waals surface area contributed by atoms with Crippen molar-refractivity contribution in [2.24, 2.45) is 5.73 Å². The fraction of sp³-hybridized carbons (Fsp3) is 0.412. The number of para-hydroxylation sites is 1. The summed E-state index contributed by atoms with van der Waals surface area (Å²) in [6, 6.07) is 8.15. The molecule has 22 heavy (non-hydrogen) atoms. The van der Waals surface area contributed by atoms with Crippen molar-refractivity contribution in [1.29, 1.82) is 0 Å². The van der Waals surface area contributed by atoms with Gasteiger partial charge in [0, 0.05) is 23.0 Å². The summed E-state index contributed by atoms with van der Waals surface area (Å²) in [6.45, 7) is 3.79. The normalized spacial score (nSPS) is 11.5. The highest BCUT2D eigenvalue weighted by molar-refractivity contribution is 6.09. The van der Waals surface area contributed by atoms with Gasteiger partial charge >= 0.3 is 0 Å². The Morgan fingerprint density at radius 1 is 1.18 bits per heavy atom. The quantitative estimate of drug-likeness (QED) is 0.685. The van der Waals surface area contributed by atoms with E-state index in [2.05, 4.69) is 22.7 Å². The van der Waals surface area contributed by atoms with Gasteiger partial charge in [-0.1, -0.05) is 31.5 Å². The maximum absolute atomic E-state index is 6.15. The zero-order chi connectivity index (χ0) is 15.5. The zero-order valence-electron chi connectivity index (χ0n) is 13.0. The number of pyridine rings is 1. The van der Waals surface area contributed by atoms with Gasteiger partial charge in [-0.15, -0.1) is 0 Å². The van der Waals surface area contributed by atoms with E-state index < -0.39 is 0 Å². The fourth-order valence-corrected chi connectivity index (χ4v) is 3.01. The summed E-state index contributed by atoms with van der Waals surface area (Å²) in [5, 5.41) is 7.04. The maximum Gasteiger partial charge on any atom is 0.152 e. The van der Waals surface area contributed by atoms with E-state index in [0.29, 0.717) is 5.82 Å². The summed E-state index contributed by atoms with van der Waals surface area (Å²) in [4.78, 5) is 4.50. The first kappa shape index (κ1) is 14.8. The van der Waals surface area contributed by atoms with E-state index in [1.165, 1.54) is 5.69 Å². The summed E-state index contributed by atoms with van der Waals surface area (Å²) < 4.78 is 2.11. The van der Waals surface area contributed by atoms with Crippen LogP contribution in [0, 0.1) is 0 Å². The maximum atomic E-state index is 6.15. The van der Waals surface area contributed by atoms with Crippen molar-refractivity contribution in [2.45, 2.75) is 39.2 Å². The summed E-state index contributed by atoms with van der Waals surface area (Å²) >= 11 is 0. The van der Waals surface area contributed by atoms with Gasteiger partial charge < -0.3 is 11.5 Å². The number of aryl methyl sites for hydroxylation is 2. The Hall–Kier alpha value is -2.14. The molecule has 1 aromatic carbocycles. The van der Waals surface area contributed by atoms with Crippen molar-refractivity contribution in [3.8, 4) is 0 Å². The molecule has 0 unspecified atom stereocenters. The molecule has 0 bridgehead atoms. The smallest absolute Gasteiger partial charge is 0.152 e. The largest absolute Gasteiger partial charge is 0.382 e. The van der Waals surface area contributed by atoms with E-state index in [-0.39, 0.29) is 0 Å². The molecule has 2 aromatic heterocycles. The number of unbranched alkanes of at least 4 members (excludes halogenated alkanes) is 1. The Labute approximate surface area is 130 Å². The first-order chi connectivity index (χ1) is 10.8. The number of hydrogen-bond acceptors (Lipinski definition) is 4. The average Bonchev–Trinajstić information content (AvgIpc) is 2.88. The predicted octanol–water partition coefficient (Wildman–Crippen LogP) is 2.86. The third-order valence-electron chi connectivity index (χ3n) is 4.03. The summed E-state index contributed by atoms with van der Waals surface area (Å²) in [5.41, 5.74) is 14.8. The number of fused-ring (bicyclic) bond motifs is 3. The third kappa shape index (κ3) is 2.52. The van der Waals surface area contributed by atoms with E-state index in [1.807, 2.05) is 18.2 Å². The van der Waals surface area contributed by atoms with Gasteiger partial charge in [-0.2, -0.15) is 5.10 Å². The molecule has 0 aliphatic carbocycles. The molecule has 5 heteroatoms. The molecule has 0 amide bonds. The number of nitrogens with zero attached hydrogens (tertiary/aromatic N) is 3. The number of rotatable bonds is 6. The number of benzene rings is 1. The second-order valence-electron chi connectivity index (χ2n) is 5.65. The lowest BCUT2D eigenvalue weighted by atomic mass is 10.1. The Bertz CT molecular complexity index is 790. The molecule has 116 valence electrons. The van der Waals surface area contributed by atoms with Crippen LogP contribution in [0.4, 0.5) is 5.82 Å². The summed E-state index contributed by atoms with van der Waals surface area (Å²) in [7, 11) is 0. The molecule has 0 atom stereocenters. The molecule has 2 heterocycles. The molecule has 0 spiro atoms. The van der Waals surface area contributed by atoms with E-state index in [9.17, 15) is 0 Å². The molecule has 5 nitrogen and oxygen atoms in total. The van der Waals surface area contributed by atoms with Crippen LogP contribution in [-0.2, 0) is 13.0 Å². The van der Waals surface area contributed by atoms with Gasteiger partial charge in [-0.3, -0.25) is 4.68 Å². The Morgan fingerprint density at radius 2 is 2.00 bits per heavy atom. The molecule has 0 aliphatic rings. The van der Waals surface area contributed by atoms with Gasteiger partial charge in [0.2, 0.25) is 0 Å². The molecule has 0 aliphatic heterocycles. The molecular weight excluding hydrogens is 274 g/mol. The van der Waals surface area contributed by atoms with E-state index >= 15 is 0 Å². The minimum Gasteiger partial charge on any atom is -0.382 e. The van der Waals surface area contributed by atoms with Crippen LogP contribution < -0.4 is 11.5 Å². The highest BCUT2D eigenvalue weighted by Gasteiger charge is 2.16. The summed E-state index contributed by atoms with van der Waals surface area (Å²) in [5.74, 6) is 0.517. The van der Waals surface area contributed by atoms with Crippen molar-refractivity contribution < 1.29 is 0 Å². The first-order valence-corrected chi connectivity index (χ1v) is 8.00. The second-order valence-corrected chi connectivity index (χ2v) is 5.65. The monoisotopic (exact) mass is 297 g/mol. The fourth-order valence-electron chi connectivity index (χ4n) is 3.01. The molecular formula is C17H23N5. The molecule has 0 radical (unpaired) electrons. The first-order valence-electron chi connectivity index (χ1n) is 8.00. The van der Waals surface area contributed by atoms with Crippen LogP contribution in [0.2, 0.25) is 0 Å². The lowest BCUT2D eigenvalue weighted by molar-refractivity contribution is 0.543. The van der Waals surface area contributed by atoms with Crippen LogP contribution in [0.5, 0.6) is 0 Å². The molecule has 0 saturated heterocycles. The Morgan fingerprint density at radius 3 is 2.77 bits per heavy atom. The van der Waals surface area contributed by atoms with Gasteiger partial charge in [0.15, 0.2) is 5.82 Å². The lowest BCUT2D eigenvalue weighted by Crippen LogP contribution is -2.07. The van der Waals surface area contributed by atoms with Crippen molar-refractivity contribution in [1.82, 2.24) is 14.8 Å². The van der Waals surface area contributed by atoms with E-state index in [0.717, 1.165) is 60.6 Å². The molecule has 3 rings (SSSR count). The van der Waals surface area contributed by atoms with Crippen LogP contribution in [0.15, 0.2) is 24.3 Å². The van der Waals surface area contributed by atoms with Crippen molar-refractivity contribution >= 4 is 27.6 Å². The Balaban J connectivity index is 2.22. The molecule has 3 aromatic rings. The highest BCUT2D eigenvalue weighted by Crippen LogP contribution is 2.31. The number of nitrogen functional groups attached to an aromatic ring is 1. The predicted molar refractivity (Wildman–Crippen MR) is 91.7 cm³/mol. The minimum atomic E-state index is 0.517. The summed E-state index contributed by atoms with van der Waals surface area (Å²) in [6.07, 6.45) is 4.11. The second kappa shape index (κ2) is 6.32. The van der Waals surface area contributed by atoms with Gasteiger partial charge in [0.25, 0.3) is 0 Å². The molecule has 4 N–H and O–H groups in total. The standard InChI is InChI=1S/C17H23N5/c1-2-7-14-15-12-8-3-4-9-13(12)20-17(19)16(15)21-22(14)11-6-5-10-18/h3-4,8-9H,2,5-7,10-11,18H2,1H3,(H2,19,20). The molecule has 0 fully saturated rings. The minimum absolute atomic E-state index is 0.517. The number of hydrogen-bond donors (Lipinski definition) is 2. The van der Waals surface area contributed by atoms with E-state index in [4.69, 9.17) is 16.6 Å². The van der Waals surface area contributed by atoms with Crippen molar-refractivity contribution in [3.63, 3.8) is 0 Å². The SMILES string of the molecule is CCCc1c2c(nn1CCCCN)c(N)nc1ccccc12. The number of anilines is 1. The average molecular weight is 297 g/mol. The van der Waals surface area contributed by atoms with Crippen LogP contribution in [0.1, 0.15) is 31.9 Å². The Kier molecular flexibility index (Phi) is 4.24. The number of nitrogens with two attached hydrogens (primary N) is 2. The highest BCUT2D eigenvalue weighted by atomic mass is 15.3. The van der Waals surface area contributed by atoms with Gasteiger partial charge in [-0.05, 0) is 31.9 Å². The topological polar surface area (TPSA) is 82.8 Å². The van der Waals surface area contributed by atoms with Crippen molar-refractivity contribution in [3.05, 3.63) is 30.0 Å². The zero-order valence-corrected chi connectivity index (χ0v) is 13.0. The van der Waals surface area contributed by atoms with Gasteiger partial charge in [0.05, 0.1) is 5.52 Å². The van der Waals surface area contributed by atoms with Crippen LogP contribution in [-0.4, -0.2) is 21.3 Å². The van der Waals surface area contributed by atoms with Crippen molar-refractivity contribution in [2.75, 3.05) is 12.3 Å². The van der Waals surface area contributed by atoms with Crippen LogP contribution >= 0.6 is 0 Å².